The molecular weight excluding hydrogens is 322 g/mol. The molecule has 1 saturated carbocycles. The molecule has 0 spiro atoms. The number of hydrogen-bond acceptors (Lipinski definition) is 4. The second-order valence-electron chi connectivity index (χ2n) is 6.53. The van der Waals surface area contributed by atoms with Crippen molar-refractivity contribution in [2.75, 3.05) is 30.0 Å². The standard InChI is InChI=1S/C18H23N3O4/c19-17(23)14-3-1-2-4-15(14)18(24)20-12-5-7-13(8-6-12)21-9-10-25-11-16(21)22/h5-8,14-15H,1-4,9-11H2,(H2,19,23)(H,20,24). The number of nitrogens with zero attached hydrogens (tertiary/aromatic N) is 1. The molecule has 2 atom stereocenters. The number of ether oxygens (including phenoxy) is 1. The number of carbonyl (C=O) groups excluding carboxylic acids is 3. The Kier molecular flexibility index (Phi) is 5.33. The molecule has 0 radical (unpaired) electrons. The van der Waals surface area contributed by atoms with E-state index in [1.54, 1.807) is 29.2 Å². The summed E-state index contributed by atoms with van der Waals surface area (Å²) in [6.07, 6.45) is 3.21. The van der Waals surface area contributed by atoms with Crippen LogP contribution in [0, 0.1) is 11.8 Å². The Bertz CT molecular complexity index is 659. The number of hydrogen-bond donors (Lipinski definition) is 2. The summed E-state index contributed by atoms with van der Waals surface area (Å²) in [4.78, 5) is 37.6. The highest BCUT2D eigenvalue weighted by Crippen LogP contribution is 2.31. The molecule has 1 aliphatic carbocycles. The van der Waals surface area contributed by atoms with E-state index in [9.17, 15) is 14.4 Å². The summed E-state index contributed by atoms with van der Waals surface area (Å²) in [6.45, 7) is 1.13. The Morgan fingerprint density at radius 2 is 1.80 bits per heavy atom. The van der Waals surface area contributed by atoms with Crippen molar-refractivity contribution in [3.8, 4) is 0 Å². The number of nitrogens with one attached hydrogen (secondary N) is 1. The zero-order chi connectivity index (χ0) is 17.8. The topological polar surface area (TPSA) is 102 Å². The van der Waals surface area contributed by atoms with Crippen LogP contribution in [0.15, 0.2) is 24.3 Å². The van der Waals surface area contributed by atoms with Gasteiger partial charge in [0, 0.05) is 29.8 Å². The van der Waals surface area contributed by atoms with Crippen LogP contribution in [0.2, 0.25) is 0 Å². The van der Waals surface area contributed by atoms with Crippen molar-refractivity contribution in [1.29, 1.82) is 0 Å². The van der Waals surface area contributed by atoms with Crippen LogP contribution in [0.5, 0.6) is 0 Å². The number of nitrogens with two attached hydrogens (primary N) is 1. The maximum Gasteiger partial charge on any atom is 0.253 e. The van der Waals surface area contributed by atoms with Gasteiger partial charge in [-0.3, -0.25) is 14.4 Å². The van der Waals surface area contributed by atoms with Gasteiger partial charge in [-0.05, 0) is 37.1 Å². The van der Waals surface area contributed by atoms with Crippen LogP contribution in [0.4, 0.5) is 11.4 Å². The van der Waals surface area contributed by atoms with Gasteiger partial charge in [-0.15, -0.1) is 0 Å². The number of benzene rings is 1. The molecule has 2 aliphatic rings. The Morgan fingerprint density at radius 3 is 2.44 bits per heavy atom. The van der Waals surface area contributed by atoms with E-state index < -0.39 is 5.91 Å². The Morgan fingerprint density at radius 1 is 1.12 bits per heavy atom. The van der Waals surface area contributed by atoms with Crippen molar-refractivity contribution in [2.24, 2.45) is 17.6 Å². The predicted molar refractivity (Wildman–Crippen MR) is 92.9 cm³/mol. The molecule has 1 heterocycles. The van der Waals surface area contributed by atoms with Crippen molar-refractivity contribution in [3.05, 3.63) is 24.3 Å². The summed E-state index contributed by atoms with van der Waals surface area (Å²) in [5.41, 5.74) is 6.86. The monoisotopic (exact) mass is 345 g/mol. The Hall–Kier alpha value is -2.41. The number of rotatable bonds is 4. The molecule has 3 rings (SSSR count). The summed E-state index contributed by atoms with van der Waals surface area (Å²) in [6, 6.07) is 7.12. The van der Waals surface area contributed by atoms with E-state index in [1.807, 2.05) is 0 Å². The van der Waals surface area contributed by atoms with Crippen molar-refractivity contribution < 1.29 is 19.1 Å². The van der Waals surface area contributed by atoms with Gasteiger partial charge in [0.05, 0.1) is 6.61 Å². The van der Waals surface area contributed by atoms with E-state index in [-0.39, 0.29) is 30.3 Å². The average Bonchev–Trinajstić information content (AvgIpc) is 2.63. The van der Waals surface area contributed by atoms with E-state index >= 15 is 0 Å². The number of carbonyl (C=O) groups is 3. The normalized spacial score (nSPS) is 24.0. The van der Waals surface area contributed by atoms with Crippen LogP contribution in [-0.4, -0.2) is 37.5 Å². The SMILES string of the molecule is NC(=O)C1CCCCC1C(=O)Nc1ccc(N2CCOCC2=O)cc1. The minimum Gasteiger partial charge on any atom is -0.370 e. The lowest BCUT2D eigenvalue weighted by Gasteiger charge is -2.28. The molecule has 2 unspecified atom stereocenters. The highest BCUT2D eigenvalue weighted by Gasteiger charge is 2.34. The van der Waals surface area contributed by atoms with Crippen LogP contribution >= 0.6 is 0 Å². The summed E-state index contributed by atoms with van der Waals surface area (Å²) in [5, 5.41) is 2.86. The fourth-order valence-electron chi connectivity index (χ4n) is 3.54. The molecule has 3 amide bonds. The molecule has 1 aromatic rings. The third-order valence-corrected chi connectivity index (χ3v) is 4.90. The highest BCUT2D eigenvalue weighted by molar-refractivity contribution is 5.97. The van der Waals surface area contributed by atoms with Crippen LogP contribution < -0.4 is 16.0 Å². The molecule has 1 aliphatic heterocycles. The number of primary amides is 1. The zero-order valence-electron chi connectivity index (χ0n) is 14.1. The van der Waals surface area contributed by atoms with Crippen molar-refractivity contribution in [3.63, 3.8) is 0 Å². The van der Waals surface area contributed by atoms with Gasteiger partial charge in [0.25, 0.3) is 5.91 Å². The molecule has 2 fully saturated rings. The van der Waals surface area contributed by atoms with Gasteiger partial charge in [-0.1, -0.05) is 12.8 Å². The van der Waals surface area contributed by atoms with Gasteiger partial charge in [0.15, 0.2) is 0 Å². The molecule has 0 aromatic heterocycles. The minimum atomic E-state index is -0.402. The van der Waals surface area contributed by atoms with Gasteiger partial charge in [-0.2, -0.15) is 0 Å². The molecule has 0 bridgehead atoms. The maximum atomic E-state index is 12.5. The largest absolute Gasteiger partial charge is 0.370 e. The second kappa shape index (κ2) is 7.65. The van der Waals surface area contributed by atoms with Crippen LogP contribution in [0.3, 0.4) is 0 Å². The first-order valence-electron chi connectivity index (χ1n) is 8.64. The summed E-state index contributed by atoms with van der Waals surface area (Å²) in [7, 11) is 0. The van der Waals surface area contributed by atoms with Crippen LogP contribution in [-0.2, 0) is 19.1 Å². The summed E-state index contributed by atoms with van der Waals surface area (Å²) >= 11 is 0. The Balaban J connectivity index is 1.65. The summed E-state index contributed by atoms with van der Waals surface area (Å²) < 4.78 is 5.12. The molecule has 25 heavy (non-hydrogen) atoms. The lowest BCUT2D eigenvalue weighted by molar-refractivity contribution is -0.131. The van der Waals surface area contributed by atoms with E-state index in [2.05, 4.69) is 5.32 Å². The fourth-order valence-corrected chi connectivity index (χ4v) is 3.54. The number of amides is 3. The Labute approximate surface area is 146 Å². The third-order valence-electron chi connectivity index (χ3n) is 4.90. The highest BCUT2D eigenvalue weighted by atomic mass is 16.5. The van der Waals surface area contributed by atoms with E-state index in [0.717, 1.165) is 18.5 Å². The third kappa shape index (κ3) is 3.99. The zero-order valence-corrected chi connectivity index (χ0v) is 14.1. The molecule has 1 saturated heterocycles. The fraction of sp³-hybridized carbons (Fsp3) is 0.500. The molecule has 3 N–H and O–H groups in total. The number of anilines is 2. The van der Waals surface area contributed by atoms with Crippen molar-refractivity contribution in [2.45, 2.75) is 25.7 Å². The van der Waals surface area contributed by atoms with Gasteiger partial charge in [0.1, 0.15) is 6.61 Å². The van der Waals surface area contributed by atoms with Crippen molar-refractivity contribution in [1.82, 2.24) is 0 Å². The van der Waals surface area contributed by atoms with E-state index in [1.165, 1.54) is 0 Å². The van der Waals surface area contributed by atoms with E-state index in [4.69, 9.17) is 10.5 Å². The first-order chi connectivity index (χ1) is 12.1. The molecular formula is C18H23N3O4. The molecule has 7 heteroatoms. The van der Waals surface area contributed by atoms with Crippen LogP contribution in [0.25, 0.3) is 0 Å². The quantitative estimate of drug-likeness (QED) is 0.858. The van der Waals surface area contributed by atoms with E-state index in [0.29, 0.717) is 31.7 Å². The first kappa shape index (κ1) is 17.4. The molecule has 134 valence electrons. The van der Waals surface area contributed by atoms with Crippen molar-refractivity contribution >= 4 is 29.1 Å². The lowest BCUT2D eigenvalue weighted by atomic mass is 9.78. The van der Waals surface area contributed by atoms with Gasteiger partial charge < -0.3 is 20.7 Å². The molecule has 1 aromatic carbocycles. The predicted octanol–water partition coefficient (Wildman–Crippen LogP) is 1.28. The molecule has 7 nitrogen and oxygen atoms in total. The lowest BCUT2D eigenvalue weighted by Crippen LogP contribution is -2.41. The van der Waals surface area contributed by atoms with Crippen LogP contribution in [0.1, 0.15) is 25.7 Å². The smallest absolute Gasteiger partial charge is 0.253 e. The van der Waals surface area contributed by atoms with Gasteiger partial charge in [-0.25, -0.2) is 0 Å². The maximum absolute atomic E-state index is 12.5. The average molecular weight is 345 g/mol. The second-order valence-corrected chi connectivity index (χ2v) is 6.53. The van der Waals surface area contributed by atoms with Gasteiger partial charge in [0.2, 0.25) is 11.8 Å². The number of morpholine rings is 1. The summed E-state index contributed by atoms with van der Waals surface area (Å²) in [5.74, 6) is -1.40. The first-order valence-corrected chi connectivity index (χ1v) is 8.64. The minimum absolute atomic E-state index is 0.0745. The van der Waals surface area contributed by atoms with Gasteiger partial charge >= 0.3 is 0 Å².